The van der Waals surface area contributed by atoms with Crippen molar-refractivity contribution in [3.63, 3.8) is 0 Å². The van der Waals surface area contributed by atoms with Crippen LogP contribution in [0.2, 0.25) is 0 Å². The van der Waals surface area contributed by atoms with E-state index in [1.54, 1.807) is 4.90 Å². The Hall–Kier alpha value is -2.44. The van der Waals surface area contributed by atoms with Crippen molar-refractivity contribution >= 4 is 11.7 Å². The maximum absolute atomic E-state index is 13.3. The van der Waals surface area contributed by atoms with E-state index >= 15 is 0 Å². The molecular weight excluding hydrogens is 326 g/mol. The number of hydrogen-bond acceptors (Lipinski definition) is 2. The normalized spacial score (nSPS) is 20.1. The molecule has 132 valence electrons. The van der Waals surface area contributed by atoms with Crippen molar-refractivity contribution in [2.45, 2.75) is 51.1 Å². The molecule has 2 heterocycles. The highest BCUT2D eigenvalue weighted by Crippen LogP contribution is 2.39. The maximum Gasteiger partial charge on any atom is 0.322 e. The lowest BCUT2D eigenvalue weighted by Crippen LogP contribution is -2.45. The number of urea groups is 1. The van der Waals surface area contributed by atoms with Gasteiger partial charge in [0.25, 0.3) is 0 Å². The Morgan fingerprint density at radius 2 is 2.12 bits per heavy atom. The lowest BCUT2D eigenvalue weighted by Gasteiger charge is -2.34. The summed E-state index contributed by atoms with van der Waals surface area (Å²) < 4.78 is 26.4. The molecule has 1 unspecified atom stereocenters. The van der Waals surface area contributed by atoms with E-state index in [0.29, 0.717) is 18.9 Å². The van der Waals surface area contributed by atoms with Crippen LogP contribution in [0.3, 0.4) is 0 Å². The van der Waals surface area contributed by atoms with Crippen LogP contribution in [0.4, 0.5) is 19.3 Å². The number of hydrogen-bond donors (Lipinski definition) is 2. The molecule has 7 heteroatoms. The average molecular weight is 346 g/mol. The molecule has 2 amide bonds. The van der Waals surface area contributed by atoms with E-state index in [2.05, 4.69) is 15.5 Å². The Balaban J connectivity index is 1.53. The largest absolute Gasteiger partial charge is 0.322 e. The van der Waals surface area contributed by atoms with Crippen LogP contribution < -0.4 is 5.32 Å². The molecule has 2 aromatic rings. The van der Waals surface area contributed by atoms with Crippen LogP contribution in [0.25, 0.3) is 0 Å². The van der Waals surface area contributed by atoms with Crippen molar-refractivity contribution in [2.75, 3.05) is 5.32 Å². The van der Waals surface area contributed by atoms with E-state index in [0.717, 1.165) is 41.9 Å². The number of halogens is 2. The number of rotatable bonds is 2. The van der Waals surface area contributed by atoms with Crippen LogP contribution in [0.1, 0.15) is 49.1 Å². The van der Waals surface area contributed by atoms with Gasteiger partial charge in [-0.3, -0.25) is 5.10 Å². The molecular formula is C18H20F2N4O. The average Bonchev–Trinajstić information content (AvgIpc) is 2.91. The zero-order chi connectivity index (χ0) is 17.6. The predicted octanol–water partition coefficient (Wildman–Crippen LogP) is 3.93. The summed E-state index contributed by atoms with van der Waals surface area (Å²) in [5, 5.41) is 10.3. The van der Waals surface area contributed by atoms with Gasteiger partial charge in [0, 0.05) is 41.4 Å². The molecule has 0 saturated heterocycles. The molecule has 0 spiro atoms. The Bertz CT molecular complexity index is 815. The summed E-state index contributed by atoms with van der Waals surface area (Å²) in [6, 6.07) is 3.03. The first-order chi connectivity index (χ1) is 12.0. The highest BCUT2D eigenvalue weighted by Gasteiger charge is 2.33. The number of aromatic nitrogens is 2. The zero-order valence-electron chi connectivity index (χ0n) is 14.0. The number of amides is 2. The second kappa shape index (κ2) is 6.13. The number of H-pyrrole nitrogens is 1. The SMILES string of the molecule is CC1Cc2[nH]nc(C3CCC3)c2CN1C(=O)Nc1ccc(F)c(F)c1. The van der Waals surface area contributed by atoms with Gasteiger partial charge in [-0.05, 0) is 31.9 Å². The van der Waals surface area contributed by atoms with Gasteiger partial charge in [0.2, 0.25) is 0 Å². The van der Waals surface area contributed by atoms with Gasteiger partial charge in [-0.2, -0.15) is 5.10 Å². The molecule has 0 radical (unpaired) electrons. The summed E-state index contributed by atoms with van der Waals surface area (Å²) in [5.74, 6) is -1.42. The highest BCUT2D eigenvalue weighted by atomic mass is 19.2. The Morgan fingerprint density at radius 3 is 2.80 bits per heavy atom. The number of fused-ring (bicyclic) bond motifs is 1. The van der Waals surface area contributed by atoms with E-state index < -0.39 is 11.6 Å². The standard InChI is InChI=1S/C18H20F2N4O/c1-10-7-16-13(17(23-22-16)11-3-2-4-11)9-24(10)18(25)21-12-5-6-14(19)15(20)8-12/h5-6,8,10-11H,2-4,7,9H2,1H3,(H,21,25)(H,22,23). The van der Waals surface area contributed by atoms with Crippen molar-refractivity contribution in [3.05, 3.63) is 46.8 Å². The van der Waals surface area contributed by atoms with Crippen molar-refractivity contribution in [1.82, 2.24) is 15.1 Å². The molecule has 5 nitrogen and oxygen atoms in total. The molecule has 1 aliphatic carbocycles. The summed E-state index contributed by atoms with van der Waals surface area (Å²) >= 11 is 0. The van der Waals surface area contributed by atoms with Crippen LogP contribution in [-0.2, 0) is 13.0 Å². The van der Waals surface area contributed by atoms with Gasteiger partial charge in [-0.25, -0.2) is 13.6 Å². The summed E-state index contributed by atoms with van der Waals surface area (Å²) in [6.45, 7) is 2.45. The fourth-order valence-electron chi connectivity index (χ4n) is 3.55. The smallest absolute Gasteiger partial charge is 0.317 e. The Morgan fingerprint density at radius 1 is 1.32 bits per heavy atom. The molecule has 1 saturated carbocycles. The monoisotopic (exact) mass is 346 g/mol. The topological polar surface area (TPSA) is 61.0 Å². The van der Waals surface area contributed by atoms with Gasteiger partial charge in [0.15, 0.2) is 11.6 Å². The van der Waals surface area contributed by atoms with Crippen molar-refractivity contribution in [1.29, 1.82) is 0 Å². The summed E-state index contributed by atoms with van der Waals surface area (Å²) in [5.41, 5.74) is 3.54. The number of carbonyl (C=O) groups is 1. The van der Waals surface area contributed by atoms with Crippen molar-refractivity contribution < 1.29 is 13.6 Å². The number of carbonyl (C=O) groups excluding carboxylic acids is 1. The van der Waals surface area contributed by atoms with Crippen molar-refractivity contribution in [2.24, 2.45) is 0 Å². The molecule has 1 fully saturated rings. The van der Waals surface area contributed by atoms with Gasteiger partial charge in [-0.1, -0.05) is 6.42 Å². The van der Waals surface area contributed by atoms with E-state index in [4.69, 9.17) is 0 Å². The first-order valence-corrected chi connectivity index (χ1v) is 8.61. The molecule has 1 aliphatic heterocycles. The third kappa shape index (κ3) is 2.88. The second-order valence-electron chi connectivity index (χ2n) is 6.93. The molecule has 0 bridgehead atoms. The van der Waals surface area contributed by atoms with Crippen LogP contribution in [0, 0.1) is 11.6 Å². The summed E-state index contributed by atoms with van der Waals surface area (Å²) in [4.78, 5) is 14.4. The summed E-state index contributed by atoms with van der Waals surface area (Å²) in [6.07, 6.45) is 4.23. The minimum atomic E-state index is -0.978. The van der Waals surface area contributed by atoms with Crippen LogP contribution in [0.5, 0.6) is 0 Å². The zero-order valence-corrected chi connectivity index (χ0v) is 14.0. The van der Waals surface area contributed by atoms with Crippen LogP contribution in [-0.4, -0.2) is 27.2 Å². The number of aromatic amines is 1. The number of nitrogens with zero attached hydrogens (tertiary/aromatic N) is 2. The number of anilines is 1. The third-order valence-electron chi connectivity index (χ3n) is 5.27. The maximum atomic E-state index is 13.3. The van der Waals surface area contributed by atoms with Gasteiger partial charge in [0.1, 0.15) is 0 Å². The first kappa shape index (κ1) is 16.1. The van der Waals surface area contributed by atoms with E-state index in [1.807, 2.05) is 6.92 Å². The fraction of sp³-hybridized carbons (Fsp3) is 0.444. The van der Waals surface area contributed by atoms with Gasteiger partial charge < -0.3 is 10.2 Å². The highest BCUT2D eigenvalue weighted by molar-refractivity contribution is 5.89. The minimum absolute atomic E-state index is 0.00696. The van der Waals surface area contributed by atoms with Gasteiger partial charge >= 0.3 is 6.03 Å². The molecule has 2 N–H and O–H groups in total. The molecule has 1 aromatic heterocycles. The van der Waals surface area contributed by atoms with E-state index in [1.165, 1.54) is 12.5 Å². The van der Waals surface area contributed by atoms with E-state index in [9.17, 15) is 13.6 Å². The molecule has 2 aliphatic rings. The van der Waals surface area contributed by atoms with Crippen molar-refractivity contribution in [3.8, 4) is 0 Å². The van der Waals surface area contributed by atoms with Crippen LogP contribution >= 0.6 is 0 Å². The molecule has 1 aromatic carbocycles. The molecule has 1 atom stereocenters. The third-order valence-corrected chi connectivity index (χ3v) is 5.27. The van der Waals surface area contributed by atoms with Gasteiger partial charge in [0.05, 0.1) is 12.2 Å². The molecule has 4 rings (SSSR count). The number of nitrogens with one attached hydrogen (secondary N) is 2. The fourth-order valence-corrected chi connectivity index (χ4v) is 3.55. The molecule has 25 heavy (non-hydrogen) atoms. The second-order valence-corrected chi connectivity index (χ2v) is 6.93. The summed E-state index contributed by atoms with van der Waals surface area (Å²) in [7, 11) is 0. The Labute approximate surface area is 144 Å². The minimum Gasteiger partial charge on any atom is -0.317 e. The lowest BCUT2D eigenvalue weighted by atomic mass is 9.80. The predicted molar refractivity (Wildman–Crippen MR) is 89.3 cm³/mol. The quantitative estimate of drug-likeness (QED) is 0.865. The Kier molecular flexibility index (Phi) is 3.94. The van der Waals surface area contributed by atoms with E-state index in [-0.39, 0.29) is 17.8 Å². The lowest BCUT2D eigenvalue weighted by molar-refractivity contribution is 0.181. The van der Waals surface area contributed by atoms with Gasteiger partial charge in [-0.15, -0.1) is 0 Å². The van der Waals surface area contributed by atoms with Crippen LogP contribution in [0.15, 0.2) is 18.2 Å². The first-order valence-electron chi connectivity index (χ1n) is 8.61. The number of benzene rings is 1.